The lowest BCUT2D eigenvalue weighted by Crippen LogP contribution is -2.57. The first-order chi connectivity index (χ1) is 8.65. The molecule has 0 spiro atoms. The summed E-state index contributed by atoms with van der Waals surface area (Å²) in [5.74, 6) is -0.983. The van der Waals surface area contributed by atoms with Crippen molar-refractivity contribution in [3.8, 4) is 0 Å². The summed E-state index contributed by atoms with van der Waals surface area (Å²) in [4.78, 5) is 23.4. The lowest BCUT2D eigenvalue weighted by atomic mass is 9.76. The van der Waals surface area contributed by atoms with Gasteiger partial charge in [-0.1, -0.05) is 19.8 Å². The average molecular weight is 271 g/mol. The van der Waals surface area contributed by atoms with Crippen LogP contribution in [0.2, 0.25) is 0 Å². The first-order valence-electron chi connectivity index (χ1n) is 6.83. The smallest absolute Gasteiger partial charge is 0.329 e. The summed E-state index contributed by atoms with van der Waals surface area (Å²) >= 11 is 0. The topological polar surface area (TPSA) is 75.6 Å². The van der Waals surface area contributed by atoms with Crippen LogP contribution in [0.1, 0.15) is 53.4 Å². The molecule has 5 heteroatoms. The van der Waals surface area contributed by atoms with Crippen LogP contribution in [0.15, 0.2) is 0 Å². The van der Waals surface area contributed by atoms with Crippen LogP contribution in [0.4, 0.5) is 0 Å². The van der Waals surface area contributed by atoms with Gasteiger partial charge in [-0.05, 0) is 39.5 Å². The predicted molar refractivity (Wildman–Crippen MR) is 71.8 cm³/mol. The van der Waals surface area contributed by atoms with Gasteiger partial charge >= 0.3 is 5.97 Å². The minimum atomic E-state index is -1.12. The predicted octanol–water partition coefficient (Wildman–Crippen LogP) is 1.95. The first kappa shape index (κ1) is 16.0. The maximum Gasteiger partial charge on any atom is 0.329 e. The summed E-state index contributed by atoms with van der Waals surface area (Å²) in [6.07, 6.45) is 2.83. The first-order valence-corrected chi connectivity index (χ1v) is 6.83. The number of carboxylic acids is 1. The third-order valence-electron chi connectivity index (χ3n) is 3.42. The molecule has 0 aliphatic heterocycles. The Bertz CT molecular complexity index is 348. The summed E-state index contributed by atoms with van der Waals surface area (Å²) < 4.78 is 5.38. The monoisotopic (exact) mass is 271 g/mol. The number of rotatable bonds is 4. The van der Waals surface area contributed by atoms with Gasteiger partial charge in [-0.15, -0.1) is 0 Å². The van der Waals surface area contributed by atoms with Crippen molar-refractivity contribution in [2.24, 2.45) is 5.92 Å². The molecule has 0 aromatic heterocycles. The van der Waals surface area contributed by atoms with Crippen LogP contribution in [0.5, 0.6) is 0 Å². The molecule has 1 aliphatic carbocycles. The molecule has 5 nitrogen and oxygen atoms in total. The van der Waals surface area contributed by atoms with Gasteiger partial charge < -0.3 is 15.2 Å². The van der Waals surface area contributed by atoms with Crippen LogP contribution >= 0.6 is 0 Å². The highest BCUT2D eigenvalue weighted by Gasteiger charge is 2.43. The zero-order valence-corrected chi connectivity index (χ0v) is 12.3. The van der Waals surface area contributed by atoms with Crippen molar-refractivity contribution in [2.45, 2.75) is 64.5 Å². The fourth-order valence-corrected chi connectivity index (χ4v) is 2.50. The quantitative estimate of drug-likeness (QED) is 0.819. The molecule has 2 N–H and O–H groups in total. The highest BCUT2D eigenvalue weighted by molar-refractivity contribution is 5.87. The third kappa shape index (κ3) is 4.82. The molecule has 1 aliphatic rings. The standard InChI is InChI=1S/C14H25NO4/c1-10-6-5-7-14(8-10,12(17)18)15-11(16)9-19-13(2,3)4/h10H,5-9H2,1-4H3,(H,15,16)(H,17,18). The van der Waals surface area contributed by atoms with Crippen LogP contribution in [0.3, 0.4) is 0 Å². The molecule has 110 valence electrons. The van der Waals surface area contributed by atoms with Crippen molar-refractivity contribution in [3.63, 3.8) is 0 Å². The zero-order chi connectivity index (χ0) is 14.7. The van der Waals surface area contributed by atoms with Crippen molar-refractivity contribution in [1.82, 2.24) is 5.32 Å². The lowest BCUT2D eigenvalue weighted by Gasteiger charge is -2.37. The lowest BCUT2D eigenvalue weighted by molar-refractivity contribution is -0.151. The Kier molecular flexibility index (Phi) is 4.96. The molecule has 0 radical (unpaired) electrons. The number of aliphatic carboxylic acids is 1. The van der Waals surface area contributed by atoms with Gasteiger partial charge in [0.05, 0.1) is 5.60 Å². The number of nitrogens with one attached hydrogen (secondary N) is 1. The van der Waals surface area contributed by atoms with Gasteiger partial charge in [-0.2, -0.15) is 0 Å². The molecule has 19 heavy (non-hydrogen) atoms. The molecule has 1 amide bonds. The summed E-state index contributed by atoms with van der Waals surface area (Å²) in [6.45, 7) is 7.49. The van der Waals surface area contributed by atoms with Gasteiger partial charge in [-0.3, -0.25) is 4.79 Å². The van der Waals surface area contributed by atoms with Crippen LogP contribution in [-0.2, 0) is 14.3 Å². The number of hydrogen-bond acceptors (Lipinski definition) is 3. The molecule has 1 saturated carbocycles. The molecule has 2 atom stereocenters. The van der Waals surface area contributed by atoms with E-state index in [1.165, 1.54) is 0 Å². The average Bonchev–Trinajstić information content (AvgIpc) is 2.25. The number of ether oxygens (including phenoxy) is 1. The van der Waals surface area contributed by atoms with E-state index in [9.17, 15) is 14.7 Å². The number of carboxylic acid groups (broad SMARTS) is 1. The normalized spacial score (nSPS) is 27.9. The number of carbonyl (C=O) groups is 2. The molecule has 2 unspecified atom stereocenters. The molecule has 0 bridgehead atoms. The van der Waals surface area contributed by atoms with Crippen molar-refractivity contribution in [2.75, 3.05) is 6.61 Å². The minimum Gasteiger partial charge on any atom is -0.480 e. The third-order valence-corrected chi connectivity index (χ3v) is 3.42. The maximum absolute atomic E-state index is 11.9. The van der Waals surface area contributed by atoms with E-state index >= 15 is 0 Å². The van der Waals surface area contributed by atoms with E-state index < -0.39 is 17.1 Å². The molecule has 0 saturated heterocycles. The molecule has 0 aromatic rings. The van der Waals surface area contributed by atoms with Gasteiger partial charge in [0.15, 0.2) is 0 Å². The fraction of sp³-hybridized carbons (Fsp3) is 0.857. The highest BCUT2D eigenvalue weighted by Crippen LogP contribution is 2.32. The van der Waals surface area contributed by atoms with E-state index in [2.05, 4.69) is 5.32 Å². The SMILES string of the molecule is CC1CCCC(NC(=O)COC(C)(C)C)(C(=O)O)C1. The van der Waals surface area contributed by atoms with Crippen LogP contribution in [0.25, 0.3) is 0 Å². The van der Waals surface area contributed by atoms with Gasteiger partial charge in [0.25, 0.3) is 0 Å². The van der Waals surface area contributed by atoms with Crippen molar-refractivity contribution in [1.29, 1.82) is 0 Å². The summed E-state index contributed by atoms with van der Waals surface area (Å²) in [5, 5.41) is 12.1. The largest absolute Gasteiger partial charge is 0.480 e. The summed E-state index contributed by atoms with van der Waals surface area (Å²) in [5.41, 5.74) is -1.52. The Morgan fingerprint density at radius 2 is 2.05 bits per heavy atom. The zero-order valence-electron chi connectivity index (χ0n) is 12.3. The number of carbonyl (C=O) groups excluding carboxylic acids is 1. The van der Waals surface area contributed by atoms with Gasteiger partial charge in [-0.25, -0.2) is 4.79 Å². The fourth-order valence-electron chi connectivity index (χ4n) is 2.50. The van der Waals surface area contributed by atoms with Gasteiger partial charge in [0, 0.05) is 0 Å². The molecular weight excluding hydrogens is 246 g/mol. The van der Waals surface area contributed by atoms with E-state index in [0.29, 0.717) is 18.8 Å². The van der Waals surface area contributed by atoms with Crippen molar-refractivity contribution >= 4 is 11.9 Å². The maximum atomic E-state index is 11.9. The van der Waals surface area contributed by atoms with E-state index in [4.69, 9.17) is 4.74 Å². The second kappa shape index (κ2) is 5.90. The number of hydrogen-bond donors (Lipinski definition) is 2. The Balaban J connectivity index is 2.64. The second-order valence-electron chi connectivity index (χ2n) is 6.54. The Morgan fingerprint density at radius 1 is 1.42 bits per heavy atom. The Morgan fingerprint density at radius 3 is 2.53 bits per heavy atom. The molecular formula is C14H25NO4. The van der Waals surface area contributed by atoms with E-state index in [1.807, 2.05) is 27.7 Å². The molecule has 0 aromatic carbocycles. The highest BCUT2D eigenvalue weighted by atomic mass is 16.5. The van der Waals surface area contributed by atoms with Gasteiger partial charge in [0.2, 0.25) is 5.91 Å². The Labute approximate surface area is 114 Å². The van der Waals surface area contributed by atoms with Crippen LogP contribution in [-0.4, -0.2) is 34.7 Å². The van der Waals surface area contributed by atoms with Gasteiger partial charge in [0.1, 0.15) is 12.1 Å². The molecule has 0 heterocycles. The minimum absolute atomic E-state index is 0.104. The Hall–Kier alpha value is -1.10. The second-order valence-corrected chi connectivity index (χ2v) is 6.54. The van der Waals surface area contributed by atoms with Crippen molar-refractivity contribution < 1.29 is 19.4 Å². The van der Waals surface area contributed by atoms with E-state index in [0.717, 1.165) is 12.8 Å². The van der Waals surface area contributed by atoms with Crippen molar-refractivity contribution in [3.05, 3.63) is 0 Å². The summed E-state index contributed by atoms with van der Waals surface area (Å²) in [6, 6.07) is 0. The van der Waals surface area contributed by atoms with Crippen LogP contribution < -0.4 is 5.32 Å². The van der Waals surface area contributed by atoms with E-state index in [-0.39, 0.29) is 12.5 Å². The van der Waals surface area contributed by atoms with E-state index in [1.54, 1.807) is 0 Å². The molecule has 1 fully saturated rings. The summed E-state index contributed by atoms with van der Waals surface area (Å²) in [7, 11) is 0. The molecule has 1 rings (SSSR count). The number of amides is 1. The van der Waals surface area contributed by atoms with Crippen LogP contribution in [0, 0.1) is 5.92 Å².